The number of carbonyl (C=O) groups is 1. The Bertz CT molecular complexity index is 962. The standard InChI is InChI=1S/C27H37N4O2P/c1-20(22-12-5-3-6-13-22)30-25-17-9-10-18-26(25)31(21(2)23-14-7-4-8-15-23)34(30,33)29-27(32)24-16-11-19-28-24/h3-8,12-15,20-21,24-26,28H,9-11,16-19H2,1-2H3,(H,29,32,33)/t20-,21-,24-,25+,26+/m0/s1. The molecule has 34 heavy (non-hydrogen) atoms. The summed E-state index contributed by atoms with van der Waals surface area (Å²) in [6.07, 6.45) is 6.03. The monoisotopic (exact) mass is 480 g/mol. The number of carbonyl (C=O) groups excluding carboxylic acids is 1. The van der Waals surface area contributed by atoms with Crippen molar-refractivity contribution >= 4 is 13.5 Å². The Labute approximate surface area is 203 Å². The van der Waals surface area contributed by atoms with E-state index in [0.29, 0.717) is 0 Å². The fraction of sp³-hybridized carbons (Fsp3) is 0.519. The van der Waals surface area contributed by atoms with E-state index in [4.69, 9.17) is 0 Å². The first-order chi connectivity index (χ1) is 16.5. The smallest absolute Gasteiger partial charge is 0.306 e. The van der Waals surface area contributed by atoms with E-state index in [9.17, 15) is 4.79 Å². The van der Waals surface area contributed by atoms with Crippen molar-refractivity contribution in [1.29, 1.82) is 0 Å². The highest BCUT2D eigenvalue weighted by Crippen LogP contribution is 2.66. The molecule has 0 radical (unpaired) electrons. The minimum atomic E-state index is -3.42. The van der Waals surface area contributed by atoms with Crippen molar-refractivity contribution in [2.24, 2.45) is 0 Å². The van der Waals surface area contributed by atoms with Gasteiger partial charge in [0.1, 0.15) is 0 Å². The first-order valence-electron chi connectivity index (χ1n) is 12.8. The molecule has 2 aromatic carbocycles. The van der Waals surface area contributed by atoms with Crippen molar-refractivity contribution in [3.8, 4) is 0 Å². The second-order valence-electron chi connectivity index (χ2n) is 10.0. The van der Waals surface area contributed by atoms with Crippen LogP contribution in [0.15, 0.2) is 60.7 Å². The summed E-state index contributed by atoms with van der Waals surface area (Å²) in [6.45, 7) is 5.12. The predicted molar refractivity (Wildman–Crippen MR) is 136 cm³/mol. The van der Waals surface area contributed by atoms with Gasteiger partial charge in [-0.3, -0.25) is 14.4 Å². The highest BCUT2D eigenvalue weighted by molar-refractivity contribution is 7.58. The van der Waals surface area contributed by atoms with E-state index in [1.165, 1.54) is 0 Å². The Morgan fingerprint density at radius 3 is 1.79 bits per heavy atom. The van der Waals surface area contributed by atoms with Crippen molar-refractivity contribution in [2.45, 2.75) is 82.6 Å². The average Bonchev–Trinajstić information content (AvgIpc) is 3.49. The van der Waals surface area contributed by atoms with Crippen LogP contribution >= 0.6 is 7.59 Å². The Kier molecular flexibility index (Phi) is 6.95. The fourth-order valence-electron chi connectivity index (χ4n) is 6.29. The molecule has 0 spiro atoms. The molecule has 3 fully saturated rings. The second-order valence-corrected chi connectivity index (χ2v) is 12.3. The van der Waals surface area contributed by atoms with Crippen LogP contribution in [0, 0.1) is 0 Å². The lowest BCUT2D eigenvalue weighted by atomic mass is 9.88. The van der Waals surface area contributed by atoms with Crippen LogP contribution in [-0.2, 0) is 9.36 Å². The molecule has 1 saturated carbocycles. The summed E-state index contributed by atoms with van der Waals surface area (Å²) in [5, 5.41) is 6.45. The molecule has 182 valence electrons. The fourth-order valence-corrected chi connectivity index (χ4v) is 9.75. The zero-order chi connectivity index (χ0) is 23.7. The highest BCUT2D eigenvalue weighted by atomic mass is 31.2. The maximum absolute atomic E-state index is 15.3. The topological polar surface area (TPSA) is 64.7 Å². The quantitative estimate of drug-likeness (QED) is 0.541. The van der Waals surface area contributed by atoms with Crippen LogP contribution in [0.25, 0.3) is 0 Å². The van der Waals surface area contributed by atoms with E-state index < -0.39 is 7.59 Å². The van der Waals surface area contributed by atoms with Gasteiger partial charge in [-0.05, 0) is 57.2 Å². The SMILES string of the molecule is C[C@@H](c1ccccc1)N1[C@@H]2CCCC[C@H]2N([C@@H](C)c2ccccc2)P1(=O)NC(=O)[C@@H]1CCCN1. The van der Waals surface area contributed by atoms with Crippen LogP contribution < -0.4 is 10.4 Å². The van der Waals surface area contributed by atoms with Gasteiger partial charge in [0.25, 0.3) is 0 Å². The Morgan fingerprint density at radius 1 is 0.853 bits per heavy atom. The van der Waals surface area contributed by atoms with Gasteiger partial charge < -0.3 is 5.32 Å². The molecule has 3 aliphatic rings. The number of hydrogen-bond donors (Lipinski definition) is 2. The Hall–Kier alpha value is -1.98. The third kappa shape index (κ3) is 4.26. The number of rotatable bonds is 6. The molecule has 0 aromatic heterocycles. The average molecular weight is 481 g/mol. The Balaban J connectivity index is 1.59. The van der Waals surface area contributed by atoms with Gasteiger partial charge in [-0.1, -0.05) is 73.5 Å². The lowest BCUT2D eigenvalue weighted by Crippen LogP contribution is -2.44. The molecule has 0 unspecified atom stereocenters. The maximum Gasteiger partial charge on any atom is 0.312 e. The molecule has 2 N–H and O–H groups in total. The van der Waals surface area contributed by atoms with Gasteiger partial charge in [0.05, 0.1) is 6.04 Å². The third-order valence-electron chi connectivity index (χ3n) is 7.99. The summed E-state index contributed by atoms with van der Waals surface area (Å²) in [6, 6.07) is 20.5. The van der Waals surface area contributed by atoms with Gasteiger partial charge >= 0.3 is 7.59 Å². The minimum Gasteiger partial charge on any atom is -0.306 e. The summed E-state index contributed by atoms with van der Waals surface area (Å²) in [4.78, 5) is 13.4. The summed E-state index contributed by atoms with van der Waals surface area (Å²) in [5.41, 5.74) is 2.27. The molecule has 5 rings (SSSR count). The van der Waals surface area contributed by atoms with Crippen LogP contribution in [-0.4, -0.2) is 39.9 Å². The summed E-state index contributed by atoms with van der Waals surface area (Å²) in [7, 11) is -3.42. The zero-order valence-corrected chi connectivity index (χ0v) is 21.2. The summed E-state index contributed by atoms with van der Waals surface area (Å²) in [5.74, 6) is -0.130. The van der Waals surface area contributed by atoms with Crippen molar-refractivity contribution < 1.29 is 9.36 Å². The molecule has 2 saturated heterocycles. The second kappa shape index (κ2) is 9.94. The number of hydrogen-bond acceptors (Lipinski definition) is 3. The van der Waals surface area contributed by atoms with Crippen molar-refractivity contribution in [2.75, 3.05) is 6.54 Å². The van der Waals surface area contributed by atoms with Crippen LogP contribution in [0.5, 0.6) is 0 Å². The summed E-state index contributed by atoms with van der Waals surface area (Å²) < 4.78 is 19.7. The number of fused-ring (bicyclic) bond motifs is 1. The van der Waals surface area contributed by atoms with Crippen molar-refractivity contribution in [3.05, 3.63) is 71.8 Å². The van der Waals surface area contributed by atoms with Crippen LogP contribution in [0.4, 0.5) is 0 Å². The van der Waals surface area contributed by atoms with E-state index in [-0.39, 0.29) is 36.1 Å². The third-order valence-corrected chi connectivity index (χ3v) is 11.0. The molecule has 5 atom stereocenters. The van der Waals surface area contributed by atoms with E-state index in [0.717, 1.165) is 56.2 Å². The van der Waals surface area contributed by atoms with Gasteiger partial charge in [-0.15, -0.1) is 0 Å². The molecule has 1 aliphatic carbocycles. The van der Waals surface area contributed by atoms with E-state index in [1.54, 1.807) is 0 Å². The van der Waals surface area contributed by atoms with Gasteiger partial charge in [0, 0.05) is 24.2 Å². The highest BCUT2D eigenvalue weighted by Gasteiger charge is 2.59. The molecular formula is C27H37N4O2P. The number of amides is 1. The van der Waals surface area contributed by atoms with Crippen molar-refractivity contribution in [1.82, 2.24) is 19.7 Å². The maximum atomic E-state index is 15.3. The van der Waals surface area contributed by atoms with Gasteiger partial charge in [0.15, 0.2) is 0 Å². The van der Waals surface area contributed by atoms with Crippen LogP contribution in [0.2, 0.25) is 0 Å². The van der Waals surface area contributed by atoms with Gasteiger partial charge in [-0.2, -0.15) is 0 Å². The number of benzene rings is 2. The molecular weight excluding hydrogens is 443 g/mol. The van der Waals surface area contributed by atoms with E-state index >= 15 is 4.57 Å². The molecule has 7 heteroatoms. The van der Waals surface area contributed by atoms with E-state index in [1.807, 2.05) is 36.4 Å². The summed E-state index contributed by atoms with van der Waals surface area (Å²) >= 11 is 0. The zero-order valence-electron chi connectivity index (χ0n) is 20.3. The van der Waals surface area contributed by atoms with Gasteiger partial charge in [-0.25, -0.2) is 9.34 Å². The molecule has 2 aliphatic heterocycles. The lowest BCUT2D eigenvalue weighted by Gasteiger charge is -2.38. The first kappa shape index (κ1) is 23.7. The van der Waals surface area contributed by atoms with E-state index in [2.05, 4.69) is 57.9 Å². The van der Waals surface area contributed by atoms with Crippen molar-refractivity contribution in [3.63, 3.8) is 0 Å². The van der Waals surface area contributed by atoms with Crippen LogP contribution in [0.1, 0.15) is 75.6 Å². The normalized spacial score (nSPS) is 28.8. The predicted octanol–water partition coefficient (Wildman–Crippen LogP) is 5.41. The number of nitrogens with one attached hydrogen (secondary N) is 2. The molecule has 6 nitrogen and oxygen atoms in total. The first-order valence-corrected chi connectivity index (χ1v) is 14.4. The van der Waals surface area contributed by atoms with Crippen LogP contribution in [0.3, 0.4) is 0 Å². The molecule has 1 amide bonds. The number of nitrogens with zero attached hydrogens (tertiary/aromatic N) is 2. The van der Waals surface area contributed by atoms with Gasteiger partial charge in [0.2, 0.25) is 5.91 Å². The minimum absolute atomic E-state index is 0.0672. The molecule has 2 heterocycles. The Morgan fingerprint density at radius 2 is 1.35 bits per heavy atom. The lowest BCUT2D eigenvalue weighted by molar-refractivity contribution is -0.121. The molecule has 0 bridgehead atoms. The largest absolute Gasteiger partial charge is 0.312 e. The molecule has 2 aromatic rings.